The number of piperidine rings is 1. The van der Waals surface area contributed by atoms with E-state index in [1.165, 1.54) is 12.0 Å². The van der Waals surface area contributed by atoms with Crippen LogP contribution in [0.4, 0.5) is 0 Å². The highest BCUT2D eigenvalue weighted by atomic mass is 16.2. The minimum atomic E-state index is 0.150. The number of carbonyl (C=O) groups is 1. The average Bonchev–Trinajstić information content (AvgIpc) is 2.96. The van der Waals surface area contributed by atoms with E-state index in [4.69, 9.17) is 0 Å². The Morgan fingerprint density at radius 2 is 2.26 bits per heavy atom. The summed E-state index contributed by atoms with van der Waals surface area (Å²) in [4.78, 5) is 15.1. The summed E-state index contributed by atoms with van der Waals surface area (Å²) >= 11 is 0. The van der Waals surface area contributed by atoms with E-state index in [0.29, 0.717) is 11.8 Å². The summed E-state index contributed by atoms with van der Waals surface area (Å²) in [5.74, 6) is 0.844. The van der Waals surface area contributed by atoms with Crippen LogP contribution in [0, 0.1) is 5.92 Å². The summed E-state index contributed by atoms with van der Waals surface area (Å²) in [6, 6.07) is 2.22. The van der Waals surface area contributed by atoms with Gasteiger partial charge in [0.1, 0.15) is 0 Å². The maximum atomic E-state index is 13.0. The summed E-state index contributed by atoms with van der Waals surface area (Å²) in [6.45, 7) is 1.70. The van der Waals surface area contributed by atoms with Gasteiger partial charge in [-0.3, -0.25) is 14.2 Å². The van der Waals surface area contributed by atoms with Gasteiger partial charge in [-0.05, 0) is 43.2 Å². The van der Waals surface area contributed by atoms with E-state index in [1.54, 1.807) is 6.20 Å². The standard InChI is InChI=1S/C17H23N5O/c1-20-11-13(10-19-20)15-9-16(15)17(23)22-8-3-2-5-14(22)12-21-7-4-6-18-21/h4,6-7,10-11,14-16H,2-3,5,8-9,12H2,1H3. The Morgan fingerprint density at radius 1 is 1.35 bits per heavy atom. The normalized spacial score (nSPS) is 27.2. The van der Waals surface area contributed by atoms with E-state index < -0.39 is 0 Å². The number of aryl methyl sites for hydroxylation is 1. The number of aromatic nitrogens is 4. The van der Waals surface area contributed by atoms with Crippen molar-refractivity contribution in [3.8, 4) is 0 Å². The molecular formula is C17H23N5O. The molecule has 0 N–H and O–H groups in total. The molecule has 0 spiro atoms. The number of hydrogen-bond acceptors (Lipinski definition) is 3. The Bertz CT molecular complexity index is 677. The van der Waals surface area contributed by atoms with Crippen LogP contribution < -0.4 is 0 Å². The Kier molecular flexibility index (Phi) is 3.67. The smallest absolute Gasteiger partial charge is 0.226 e. The molecule has 1 aliphatic heterocycles. The lowest BCUT2D eigenvalue weighted by Gasteiger charge is -2.36. The van der Waals surface area contributed by atoms with Gasteiger partial charge in [0, 0.05) is 38.1 Å². The van der Waals surface area contributed by atoms with Crippen LogP contribution in [0.2, 0.25) is 0 Å². The monoisotopic (exact) mass is 313 g/mol. The molecule has 1 aliphatic carbocycles. The molecule has 1 saturated carbocycles. The van der Waals surface area contributed by atoms with Gasteiger partial charge in [0.2, 0.25) is 5.91 Å². The largest absolute Gasteiger partial charge is 0.338 e. The number of carbonyl (C=O) groups excluding carboxylic acids is 1. The van der Waals surface area contributed by atoms with E-state index in [1.807, 2.05) is 41.1 Å². The lowest BCUT2D eigenvalue weighted by atomic mass is 10.0. The van der Waals surface area contributed by atoms with E-state index in [9.17, 15) is 4.79 Å². The third-order valence-electron chi connectivity index (χ3n) is 5.13. The minimum absolute atomic E-state index is 0.150. The molecule has 2 aliphatic rings. The van der Waals surface area contributed by atoms with Crippen LogP contribution in [-0.4, -0.2) is 43.0 Å². The molecule has 1 amide bonds. The molecule has 0 aromatic carbocycles. The molecule has 3 atom stereocenters. The van der Waals surface area contributed by atoms with Gasteiger partial charge in [0.15, 0.2) is 0 Å². The molecule has 3 unspecified atom stereocenters. The predicted molar refractivity (Wildman–Crippen MR) is 85.6 cm³/mol. The first-order valence-electron chi connectivity index (χ1n) is 8.49. The molecule has 122 valence electrons. The molecule has 2 aromatic rings. The number of likely N-dealkylation sites (tertiary alicyclic amines) is 1. The first-order chi connectivity index (χ1) is 11.2. The van der Waals surface area contributed by atoms with Gasteiger partial charge in [0.05, 0.1) is 18.8 Å². The maximum Gasteiger partial charge on any atom is 0.226 e. The molecular weight excluding hydrogens is 290 g/mol. The topological polar surface area (TPSA) is 56.0 Å². The van der Waals surface area contributed by atoms with E-state index in [2.05, 4.69) is 15.1 Å². The van der Waals surface area contributed by atoms with Crippen molar-refractivity contribution in [2.75, 3.05) is 6.54 Å². The molecule has 0 radical (unpaired) electrons. The summed E-state index contributed by atoms with van der Waals surface area (Å²) in [7, 11) is 1.92. The third kappa shape index (κ3) is 2.90. The fraction of sp³-hybridized carbons (Fsp3) is 0.588. The Balaban J connectivity index is 1.44. The van der Waals surface area contributed by atoms with Crippen molar-refractivity contribution in [1.82, 2.24) is 24.5 Å². The predicted octanol–water partition coefficient (Wildman–Crippen LogP) is 1.80. The van der Waals surface area contributed by atoms with E-state index in [-0.39, 0.29) is 12.0 Å². The Hall–Kier alpha value is -2.11. The van der Waals surface area contributed by atoms with Crippen LogP contribution in [0.3, 0.4) is 0 Å². The first-order valence-corrected chi connectivity index (χ1v) is 8.49. The highest BCUT2D eigenvalue weighted by Crippen LogP contribution is 2.48. The lowest BCUT2D eigenvalue weighted by Crippen LogP contribution is -2.46. The van der Waals surface area contributed by atoms with Gasteiger partial charge in [-0.1, -0.05) is 0 Å². The summed E-state index contributed by atoms with van der Waals surface area (Å²) in [6.07, 6.45) is 12.1. The van der Waals surface area contributed by atoms with E-state index >= 15 is 0 Å². The van der Waals surface area contributed by atoms with Crippen LogP contribution in [-0.2, 0) is 18.4 Å². The number of nitrogens with zero attached hydrogens (tertiary/aromatic N) is 5. The van der Waals surface area contributed by atoms with Gasteiger partial charge in [-0.25, -0.2) is 0 Å². The van der Waals surface area contributed by atoms with Gasteiger partial charge in [0.25, 0.3) is 0 Å². The van der Waals surface area contributed by atoms with Crippen molar-refractivity contribution in [3.63, 3.8) is 0 Å². The van der Waals surface area contributed by atoms with Crippen molar-refractivity contribution in [1.29, 1.82) is 0 Å². The molecule has 1 saturated heterocycles. The lowest BCUT2D eigenvalue weighted by molar-refractivity contribution is -0.136. The zero-order valence-corrected chi connectivity index (χ0v) is 13.5. The Labute approximate surface area is 136 Å². The molecule has 0 bridgehead atoms. The second kappa shape index (κ2) is 5.83. The molecule has 2 aromatic heterocycles. The summed E-state index contributed by atoms with van der Waals surface area (Å²) < 4.78 is 3.76. The second-order valence-corrected chi connectivity index (χ2v) is 6.81. The highest BCUT2D eigenvalue weighted by Gasteiger charge is 2.47. The van der Waals surface area contributed by atoms with Crippen LogP contribution in [0.5, 0.6) is 0 Å². The number of hydrogen-bond donors (Lipinski definition) is 0. The zero-order chi connectivity index (χ0) is 15.8. The van der Waals surface area contributed by atoms with Crippen molar-refractivity contribution >= 4 is 5.91 Å². The maximum absolute atomic E-state index is 13.0. The SMILES string of the molecule is Cn1cc(C2CC2C(=O)N2CCCCC2Cn2cccn2)cn1. The molecule has 6 heteroatoms. The number of amides is 1. The Morgan fingerprint density at radius 3 is 3.00 bits per heavy atom. The van der Waals surface area contributed by atoms with Gasteiger partial charge >= 0.3 is 0 Å². The van der Waals surface area contributed by atoms with Crippen molar-refractivity contribution < 1.29 is 4.79 Å². The first kappa shape index (κ1) is 14.5. The summed E-state index contributed by atoms with van der Waals surface area (Å²) in [5, 5.41) is 8.53. The molecule has 3 heterocycles. The average molecular weight is 313 g/mol. The van der Waals surface area contributed by atoms with Crippen LogP contribution in [0.15, 0.2) is 30.9 Å². The zero-order valence-electron chi connectivity index (χ0n) is 13.5. The van der Waals surface area contributed by atoms with Crippen molar-refractivity contribution in [2.24, 2.45) is 13.0 Å². The van der Waals surface area contributed by atoms with Gasteiger partial charge < -0.3 is 4.90 Å². The van der Waals surface area contributed by atoms with Gasteiger partial charge in [-0.2, -0.15) is 10.2 Å². The van der Waals surface area contributed by atoms with Crippen LogP contribution in [0.25, 0.3) is 0 Å². The second-order valence-electron chi connectivity index (χ2n) is 6.81. The van der Waals surface area contributed by atoms with E-state index in [0.717, 1.165) is 32.4 Å². The highest BCUT2D eigenvalue weighted by molar-refractivity contribution is 5.83. The fourth-order valence-electron chi connectivity index (χ4n) is 3.79. The quantitative estimate of drug-likeness (QED) is 0.865. The molecule has 4 rings (SSSR count). The van der Waals surface area contributed by atoms with Crippen LogP contribution >= 0.6 is 0 Å². The summed E-state index contributed by atoms with van der Waals surface area (Å²) in [5.41, 5.74) is 1.20. The fourth-order valence-corrected chi connectivity index (χ4v) is 3.79. The molecule has 2 fully saturated rings. The molecule has 23 heavy (non-hydrogen) atoms. The van der Waals surface area contributed by atoms with Crippen molar-refractivity contribution in [3.05, 3.63) is 36.4 Å². The van der Waals surface area contributed by atoms with Crippen molar-refractivity contribution in [2.45, 2.75) is 44.2 Å². The van der Waals surface area contributed by atoms with Gasteiger partial charge in [-0.15, -0.1) is 0 Å². The minimum Gasteiger partial charge on any atom is -0.338 e. The van der Waals surface area contributed by atoms with Crippen LogP contribution in [0.1, 0.15) is 37.2 Å². The number of rotatable bonds is 4. The molecule has 6 nitrogen and oxygen atoms in total. The third-order valence-corrected chi connectivity index (χ3v) is 5.13.